The highest BCUT2D eigenvalue weighted by Crippen LogP contribution is 2.31. The number of aliphatic hydroxyl groups excluding tert-OH is 1. The second-order valence-corrected chi connectivity index (χ2v) is 6.95. The highest BCUT2D eigenvalue weighted by molar-refractivity contribution is 7.99. The number of aliphatic hydroxyl groups is 1. The Labute approximate surface area is 129 Å². The van der Waals surface area contributed by atoms with Crippen molar-refractivity contribution in [1.29, 1.82) is 0 Å². The Morgan fingerprint density at radius 3 is 2.90 bits per heavy atom. The van der Waals surface area contributed by atoms with Crippen molar-refractivity contribution in [2.75, 3.05) is 6.26 Å². The summed E-state index contributed by atoms with van der Waals surface area (Å²) in [6.45, 7) is 0. The number of hydrogen-bond acceptors (Lipinski definition) is 3. The standard InChI is InChI=1S/C16H22N2O2S/c1-21-14-8-4-7-12(14)17-16(20)18-15-11-6-3-2-5-10(11)9-13(15)19/h2-3,5-6,12-15,19H,4,7-9H2,1H3,(H2,17,18,20)/t12?,13-,14?,15+/m1/s1. The molecule has 0 bridgehead atoms. The van der Waals surface area contributed by atoms with Crippen LogP contribution in [0, 0.1) is 0 Å². The zero-order chi connectivity index (χ0) is 14.8. The Balaban J connectivity index is 1.63. The maximum absolute atomic E-state index is 12.2. The van der Waals surface area contributed by atoms with Gasteiger partial charge < -0.3 is 15.7 Å². The van der Waals surface area contributed by atoms with Gasteiger partial charge in [-0.05, 0) is 30.2 Å². The quantitative estimate of drug-likeness (QED) is 0.802. The Bertz CT molecular complexity index is 523. The number of nitrogens with one attached hydrogen (secondary N) is 2. The molecule has 1 aromatic carbocycles. The third-order valence-corrected chi connectivity index (χ3v) is 5.73. The summed E-state index contributed by atoms with van der Waals surface area (Å²) in [5.41, 5.74) is 2.16. The van der Waals surface area contributed by atoms with Crippen molar-refractivity contribution < 1.29 is 9.90 Å². The highest BCUT2D eigenvalue weighted by atomic mass is 32.2. The molecule has 1 aromatic rings. The van der Waals surface area contributed by atoms with Gasteiger partial charge in [-0.15, -0.1) is 0 Å². The fraction of sp³-hybridized carbons (Fsp3) is 0.562. The maximum Gasteiger partial charge on any atom is 0.315 e. The number of hydrogen-bond donors (Lipinski definition) is 3. The molecular formula is C16H22N2O2S. The molecule has 2 unspecified atom stereocenters. The normalized spacial score (nSPS) is 31.0. The number of fused-ring (bicyclic) bond motifs is 1. The third kappa shape index (κ3) is 3.04. The third-order valence-electron chi connectivity index (χ3n) is 4.56. The smallest absolute Gasteiger partial charge is 0.315 e. The van der Waals surface area contributed by atoms with Crippen LogP contribution >= 0.6 is 11.8 Å². The lowest BCUT2D eigenvalue weighted by Gasteiger charge is -2.23. The zero-order valence-electron chi connectivity index (χ0n) is 12.2. The summed E-state index contributed by atoms with van der Waals surface area (Å²) in [5.74, 6) is 0. The molecule has 2 aliphatic carbocycles. The first-order chi connectivity index (χ1) is 10.2. The van der Waals surface area contributed by atoms with E-state index < -0.39 is 6.10 Å². The first-order valence-electron chi connectivity index (χ1n) is 7.54. The highest BCUT2D eigenvalue weighted by Gasteiger charge is 2.33. The van der Waals surface area contributed by atoms with E-state index in [1.54, 1.807) is 0 Å². The average molecular weight is 306 g/mol. The van der Waals surface area contributed by atoms with Gasteiger partial charge in [-0.25, -0.2) is 4.79 Å². The van der Waals surface area contributed by atoms with Gasteiger partial charge in [0.1, 0.15) is 0 Å². The molecule has 1 fully saturated rings. The summed E-state index contributed by atoms with van der Waals surface area (Å²) in [7, 11) is 0. The van der Waals surface area contributed by atoms with Gasteiger partial charge in [0.15, 0.2) is 0 Å². The minimum Gasteiger partial charge on any atom is -0.390 e. The molecule has 0 radical (unpaired) electrons. The molecule has 0 aliphatic heterocycles. The molecule has 0 aromatic heterocycles. The molecule has 3 N–H and O–H groups in total. The number of rotatable bonds is 3. The number of amides is 2. The summed E-state index contributed by atoms with van der Waals surface area (Å²) in [5, 5.41) is 16.7. The van der Waals surface area contributed by atoms with Crippen molar-refractivity contribution in [2.45, 2.75) is 49.1 Å². The van der Waals surface area contributed by atoms with Gasteiger partial charge in [0, 0.05) is 17.7 Å². The van der Waals surface area contributed by atoms with E-state index in [0.29, 0.717) is 11.7 Å². The van der Waals surface area contributed by atoms with Gasteiger partial charge in [0.2, 0.25) is 0 Å². The van der Waals surface area contributed by atoms with E-state index in [1.165, 1.54) is 12.8 Å². The Morgan fingerprint density at radius 1 is 1.29 bits per heavy atom. The number of benzene rings is 1. The van der Waals surface area contributed by atoms with E-state index in [2.05, 4.69) is 16.9 Å². The molecule has 4 nitrogen and oxygen atoms in total. The van der Waals surface area contributed by atoms with E-state index in [0.717, 1.165) is 17.5 Å². The minimum absolute atomic E-state index is 0.165. The van der Waals surface area contributed by atoms with Crippen LogP contribution in [-0.2, 0) is 6.42 Å². The van der Waals surface area contributed by atoms with Gasteiger partial charge in [0.25, 0.3) is 0 Å². The van der Waals surface area contributed by atoms with E-state index in [-0.39, 0.29) is 18.1 Å². The first kappa shape index (κ1) is 14.7. The van der Waals surface area contributed by atoms with E-state index in [9.17, 15) is 9.90 Å². The van der Waals surface area contributed by atoms with Crippen molar-refractivity contribution >= 4 is 17.8 Å². The lowest BCUT2D eigenvalue weighted by Crippen LogP contribution is -2.47. The van der Waals surface area contributed by atoms with Crippen LogP contribution in [0.4, 0.5) is 4.79 Å². The van der Waals surface area contributed by atoms with E-state index >= 15 is 0 Å². The monoisotopic (exact) mass is 306 g/mol. The molecule has 0 spiro atoms. The predicted octanol–water partition coefficient (Wildman–Crippen LogP) is 2.23. The number of carbonyl (C=O) groups excluding carboxylic acids is 1. The van der Waals surface area contributed by atoms with Crippen LogP contribution in [0.5, 0.6) is 0 Å². The molecule has 4 atom stereocenters. The molecular weight excluding hydrogens is 284 g/mol. The fourth-order valence-electron chi connectivity index (χ4n) is 3.47. The van der Waals surface area contributed by atoms with Gasteiger partial charge >= 0.3 is 6.03 Å². The Kier molecular flexibility index (Phi) is 4.40. The van der Waals surface area contributed by atoms with Crippen LogP contribution in [0.15, 0.2) is 24.3 Å². The molecule has 2 amide bonds. The Morgan fingerprint density at radius 2 is 2.10 bits per heavy atom. The van der Waals surface area contributed by atoms with Crippen LogP contribution in [0.3, 0.4) is 0 Å². The second kappa shape index (κ2) is 6.28. The summed E-state index contributed by atoms with van der Waals surface area (Å²) in [6, 6.07) is 7.70. The molecule has 1 saturated carbocycles. The summed E-state index contributed by atoms with van der Waals surface area (Å²) >= 11 is 1.82. The summed E-state index contributed by atoms with van der Waals surface area (Å²) < 4.78 is 0. The molecule has 114 valence electrons. The lowest BCUT2D eigenvalue weighted by molar-refractivity contribution is 0.142. The average Bonchev–Trinajstić information content (AvgIpc) is 3.04. The SMILES string of the molecule is CSC1CCCC1NC(=O)N[C@H]1c2ccccc2C[C@H]1O. The molecule has 0 heterocycles. The molecule has 3 rings (SSSR count). The largest absolute Gasteiger partial charge is 0.390 e. The van der Waals surface area contributed by atoms with E-state index in [1.807, 2.05) is 36.0 Å². The predicted molar refractivity (Wildman–Crippen MR) is 85.5 cm³/mol. The summed E-state index contributed by atoms with van der Waals surface area (Å²) in [6.07, 6.45) is 5.56. The topological polar surface area (TPSA) is 61.4 Å². The van der Waals surface area contributed by atoms with Crippen molar-refractivity contribution in [3.05, 3.63) is 35.4 Å². The van der Waals surface area contributed by atoms with Crippen LogP contribution in [-0.4, -0.2) is 34.8 Å². The van der Waals surface area contributed by atoms with Crippen molar-refractivity contribution in [3.63, 3.8) is 0 Å². The molecule has 2 aliphatic rings. The second-order valence-electron chi connectivity index (χ2n) is 5.88. The molecule has 0 saturated heterocycles. The number of carbonyl (C=O) groups is 1. The maximum atomic E-state index is 12.2. The molecule has 5 heteroatoms. The van der Waals surface area contributed by atoms with Crippen LogP contribution in [0.25, 0.3) is 0 Å². The van der Waals surface area contributed by atoms with Crippen LogP contribution in [0.1, 0.15) is 36.4 Å². The number of urea groups is 1. The van der Waals surface area contributed by atoms with Gasteiger partial charge in [0.05, 0.1) is 12.1 Å². The van der Waals surface area contributed by atoms with Crippen molar-refractivity contribution in [3.8, 4) is 0 Å². The Hall–Kier alpha value is -1.20. The minimum atomic E-state index is -0.534. The summed E-state index contributed by atoms with van der Waals surface area (Å²) in [4.78, 5) is 12.2. The first-order valence-corrected chi connectivity index (χ1v) is 8.83. The van der Waals surface area contributed by atoms with Crippen molar-refractivity contribution in [1.82, 2.24) is 10.6 Å². The van der Waals surface area contributed by atoms with E-state index in [4.69, 9.17) is 0 Å². The van der Waals surface area contributed by atoms with Gasteiger partial charge in [-0.2, -0.15) is 11.8 Å². The van der Waals surface area contributed by atoms with Crippen LogP contribution < -0.4 is 10.6 Å². The van der Waals surface area contributed by atoms with Crippen molar-refractivity contribution in [2.24, 2.45) is 0 Å². The van der Waals surface area contributed by atoms with Crippen LogP contribution in [0.2, 0.25) is 0 Å². The van der Waals surface area contributed by atoms with Gasteiger partial charge in [-0.1, -0.05) is 30.7 Å². The lowest BCUT2D eigenvalue weighted by atomic mass is 10.1. The van der Waals surface area contributed by atoms with Gasteiger partial charge in [-0.3, -0.25) is 0 Å². The molecule has 21 heavy (non-hydrogen) atoms. The fourth-order valence-corrected chi connectivity index (χ4v) is 4.41. The zero-order valence-corrected chi connectivity index (χ0v) is 13.0. The number of thioether (sulfide) groups is 1.